The number of rotatable bonds is 5. The van der Waals surface area contributed by atoms with Crippen LogP contribution in [-0.4, -0.2) is 17.5 Å². The molecule has 0 aliphatic carbocycles. The van der Waals surface area contributed by atoms with Gasteiger partial charge >= 0.3 is 0 Å². The van der Waals surface area contributed by atoms with Gasteiger partial charge in [-0.2, -0.15) is 0 Å². The Morgan fingerprint density at radius 2 is 1.87 bits per heavy atom. The Morgan fingerprint density at radius 3 is 2.73 bits per heavy atom. The maximum absolute atomic E-state index is 13.4. The van der Waals surface area contributed by atoms with Gasteiger partial charge in [0.05, 0.1) is 22.4 Å². The lowest BCUT2D eigenvalue weighted by atomic mass is 10.0. The van der Waals surface area contributed by atoms with Crippen molar-refractivity contribution in [2.24, 2.45) is 0 Å². The number of hydrogen-bond donors (Lipinski definition) is 1. The lowest BCUT2D eigenvalue weighted by molar-refractivity contribution is 0.102. The van der Waals surface area contributed by atoms with Crippen LogP contribution < -0.4 is 10.1 Å². The molecule has 6 heteroatoms. The molecule has 4 nitrogen and oxygen atoms in total. The lowest BCUT2D eigenvalue weighted by Gasteiger charge is -2.13. The molecule has 30 heavy (non-hydrogen) atoms. The Labute approximate surface area is 181 Å². The minimum absolute atomic E-state index is 0.180. The van der Waals surface area contributed by atoms with E-state index in [1.54, 1.807) is 11.3 Å². The van der Waals surface area contributed by atoms with Gasteiger partial charge in [-0.25, -0.2) is 4.98 Å². The van der Waals surface area contributed by atoms with Crippen molar-refractivity contribution in [2.75, 3.05) is 11.9 Å². The van der Waals surface area contributed by atoms with Crippen LogP contribution in [0.1, 0.15) is 17.3 Å². The molecule has 0 atom stereocenters. The van der Waals surface area contributed by atoms with Gasteiger partial charge in [0.2, 0.25) is 0 Å². The average Bonchev–Trinajstić information content (AvgIpc) is 3.40. The number of hydrogen-bond acceptors (Lipinski definition) is 5. The first-order valence-corrected chi connectivity index (χ1v) is 11.3. The third-order valence-electron chi connectivity index (χ3n) is 4.83. The van der Waals surface area contributed by atoms with Crippen LogP contribution in [0, 0.1) is 0 Å². The van der Waals surface area contributed by atoms with E-state index in [1.165, 1.54) is 11.3 Å². The van der Waals surface area contributed by atoms with E-state index in [0.29, 0.717) is 17.9 Å². The lowest BCUT2D eigenvalue weighted by Crippen LogP contribution is -2.14. The number of nitrogens with one attached hydrogen (secondary N) is 1. The van der Waals surface area contributed by atoms with E-state index < -0.39 is 0 Å². The summed E-state index contributed by atoms with van der Waals surface area (Å²) in [6.45, 7) is 2.41. The molecule has 3 aromatic carbocycles. The molecule has 0 bridgehead atoms. The van der Waals surface area contributed by atoms with E-state index in [2.05, 4.69) is 11.4 Å². The topological polar surface area (TPSA) is 51.2 Å². The highest BCUT2D eigenvalue weighted by Gasteiger charge is 2.20. The summed E-state index contributed by atoms with van der Waals surface area (Å²) in [6.07, 6.45) is 0. The van der Waals surface area contributed by atoms with Crippen LogP contribution in [0.5, 0.6) is 5.75 Å². The molecular formula is C24H18N2O2S2. The summed E-state index contributed by atoms with van der Waals surface area (Å²) in [7, 11) is 0. The SMILES string of the molecule is CCOc1ccc2ccccc2c1C(=O)Nc1sccc1-c1nc2ccccc2s1. The summed E-state index contributed by atoms with van der Waals surface area (Å²) in [6, 6.07) is 21.8. The number of thiazole rings is 1. The van der Waals surface area contributed by atoms with Crippen molar-refractivity contribution in [1.82, 2.24) is 4.98 Å². The normalized spacial score (nSPS) is 11.1. The van der Waals surface area contributed by atoms with E-state index >= 15 is 0 Å². The quantitative estimate of drug-likeness (QED) is 0.332. The van der Waals surface area contributed by atoms with Crippen molar-refractivity contribution in [3.63, 3.8) is 0 Å². The fourth-order valence-electron chi connectivity index (χ4n) is 3.49. The molecule has 5 aromatic rings. The summed E-state index contributed by atoms with van der Waals surface area (Å²) >= 11 is 3.12. The third kappa shape index (κ3) is 3.34. The molecule has 0 saturated carbocycles. The monoisotopic (exact) mass is 430 g/mol. The summed E-state index contributed by atoms with van der Waals surface area (Å²) in [5.41, 5.74) is 2.46. The molecule has 2 aromatic heterocycles. The number of thiophene rings is 1. The van der Waals surface area contributed by atoms with Gasteiger partial charge in [0.25, 0.3) is 5.91 Å². The zero-order valence-electron chi connectivity index (χ0n) is 16.2. The van der Waals surface area contributed by atoms with Crippen molar-refractivity contribution in [3.05, 3.63) is 77.7 Å². The number of aromatic nitrogens is 1. The van der Waals surface area contributed by atoms with Gasteiger partial charge < -0.3 is 10.1 Å². The number of ether oxygens (including phenoxy) is 1. The first-order valence-electron chi connectivity index (χ1n) is 9.64. The van der Waals surface area contributed by atoms with Gasteiger partial charge in [-0.15, -0.1) is 22.7 Å². The minimum Gasteiger partial charge on any atom is -0.493 e. The minimum atomic E-state index is -0.180. The number of amides is 1. The third-order valence-corrected chi connectivity index (χ3v) is 6.73. The molecule has 0 saturated heterocycles. The highest BCUT2D eigenvalue weighted by molar-refractivity contribution is 7.22. The number of carbonyl (C=O) groups excluding carboxylic acids is 1. The van der Waals surface area contributed by atoms with Crippen LogP contribution in [0.15, 0.2) is 72.1 Å². The molecule has 0 spiro atoms. The van der Waals surface area contributed by atoms with Gasteiger partial charge in [-0.3, -0.25) is 4.79 Å². The van der Waals surface area contributed by atoms with Crippen molar-refractivity contribution in [2.45, 2.75) is 6.92 Å². The van der Waals surface area contributed by atoms with Crippen LogP contribution in [0.3, 0.4) is 0 Å². The summed E-state index contributed by atoms with van der Waals surface area (Å²) in [4.78, 5) is 18.1. The molecule has 0 unspecified atom stereocenters. The fraction of sp³-hybridized carbons (Fsp3) is 0.0833. The molecule has 0 radical (unpaired) electrons. The number of carbonyl (C=O) groups is 1. The van der Waals surface area contributed by atoms with Gasteiger partial charge in [-0.1, -0.05) is 42.5 Å². The highest BCUT2D eigenvalue weighted by atomic mass is 32.1. The van der Waals surface area contributed by atoms with Crippen LogP contribution in [0.4, 0.5) is 5.00 Å². The van der Waals surface area contributed by atoms with Crippen molar-refractivity contribution in [1.29, 1.82) is 0 Å². The summed E-state index contributed by atoms with van der Waals surface area (Å²) < 4.78 is 6.90. The van der Waals surface area contributed by atoms with Crippen molar-refractivity contribution >= 4 is 54.6 Å². The molecular weight excluding hydrogens is 412 g/mol. The van der Waals surface area contributed by atoms with Gasteiger partial charge in [0.15, 0.2) is 0 Å². The maximum Gasteiger partial charge on any atom is 0.260 e. The smallest absolute Gasteiger partial charge is 0.260 e. The Balaban J connectivity index is 1.54. The zero-order valence-corrected chi connectivity index (χ0v) is 17.8. The van der Waals surface area contributed by atoms with Crippen molar-refractivity contribution < 1.29 is 9.53 Å². The van der Waals surface area contributed by atoms with E-state index in [9.17, 15) is 4.79 Å². The Morgan fingerprint density at radius 1 is 1.03 bits per heavy atom. The standard InChI is InChI=1S/C24H18N2O2S2/c1-2-28-19-12-11-15-7-3-4-8-16(15)21(19)22(27)26-23-17(13-14-29-23)24-25-18-9-5-6-10-20(18)30-24/h3-14H,2H2,1H3,(H,26,27). The largest absolute Gasteiger partial charge is 0.493 e. The molecule has 1 N–H and O–H groups in total. The van der Waals surface area contributed by atoms with Crippen LogP contribution >= 0.6 is 22.7 Å². The van der Waals surface area contributed by atoms with E-state index in [1.807, 2.05) is 73.0 Å². The zero-order chi connectivity index (χ0) is 20.5. The van der Waals surface area contributed by atoms with E-state index in [-0.39, 0.29) is 5.91 Å². The Kier molecular flexibility index (Phi) is 4.94. The van der Waals surface area contributed by atoms with E-state index in [0.717, 1.165) is 36.6 Å². The molecule has 0 fully saturated rings. The second kappa shape index (κ2) is 7.89. The summed E-state index contributed by atoms with van der Waals surface area (Å²) in [5.74, 6) is 0.409. The number of anilines is 1. The number of nitrogens with zero attached hydrogens (tertiary/aromatic N) is 1. The first-order chi connectivity index (χ1) is 14.7. The molecule has 148 valence electrons. The Bertz CT molecular complexity index is 1340. The van der Waals surface area contributed by atoms with Gasteiger partial charge in [-0.05, 0) is 47.3 Å². The van der Waals surface area contributed by atoms with Crippen molar-refractivity contribution in [3.8, 4) is 16.3 Å². The van der Waals surface area contributed by atoms with Gasteiger partial charge in [0, 0.05) is 5.56 Å². The number of fused-ring (bicyclic) bond motifs is 2. The number of para-hydroxylation sites is 1. The molecule has 1 amide bonds. The molecule has 5 rings (SSSR count). The predicted octanol–water partition coefficient (Wildman–Crippen LogP) is 6.83. The second-order valence-electron chi connectivity index (χ2n) is 6.70. The van der Waals surface area contributed by atoms with Crippen LogP contribution in [0.2, 0.25) is 0 Å². The molecule has 0 aliphatic rings. The van der Waals surface area contributed by atoms with E-state index in [4.69, 9.17) is 9.72 Å². The second-order valence-corrected chi connectivity index (χ2v) is 8.64. The Hall–Kier alpha value is -3.22. The van der Waals surface area contributed by atoms with Crippen LogP contribution in [0.25, 0.3) is 31.6 Å². The molecule has 2 heterocycles. The maximum atomic E-state index is 13.4. The number of benzene rings is 3. The molecule has 0 aliphatic heterocycles. The van der Waals surface area contributed by atoms with Gasteiger partial charge in [0.1, 0.15) is 15.8 Å². The first kappa shape index (κ1) is 18.8. The summed E-state index contributed by atoms with van der Waals surface area (Å²) in [5, 5.41) is 8.65. The van der Waals surface area contributed by atoms with Crippen LogP contribution in [-0.2, 0) is 0 Å². The average molecular weight is 431 g/mol. The fourth-order valence-corrected chi connectivity index (χ4v) is 5.33. The highest BCUT2D eigenvalue weighted by Crippen LogP contribution is 2.38. The predicted molar refractivity (Wildman–Crippen MR) is 126 cm³/mol.